The fourth-order valence-corrected chi connectivity index (χ4v) is 14.0. The lowest BCUT2D eigenvalue weighted by atomic mass is 9.73. The van der Waals surface area contributed by atoms with Crippen LogP contribution in [0.1, 0.15) is 101 Å². The number of carbonyl (C=O) groups excluding carboxylic acids is 1. The lowest BCUT2D eigenvalue weighted by Gasteiger charge is -2.43. The van der Waals surface area contributed by atoms with E-state index in [4.69, 9.17) is 88.2 Å². The first-order chi connectivity index (χ1) is 38.6. The van der Waals surface area contributed by atoms with E-state index in [1.165, 1.54) is 42.6 Å². The summed E-state index contributed by atoms with van der Waals surface area (Å²) >= 11 is 20.4. The fourth-order valence-electron chi connectivity index (χ4n) is 10.8. The lowest BCUT2D eigenvalue weighted by molar-refractivity contribution is 0.00647. The molecule has 10 heterocycles. The van der Waals surface area contributed by atoms with Gasteiger partial charge >= 0.3 is 6.09 Å². The Morgan fingerprint density at radius 2 is 1.15 bits per heavy atom. The number of aromatic nitrogens is 6. The first kappa shape index (κ1) is 65.7. The van der Waals surface area contributed by atoms with Gasteiger partial charge in [0, 0.05) is 76.7 Å². The molecule has 0 aliphatic carbocycles. The maximum absolute atomic E-state index is 12.6. The zero-order valence-electron chi connectivity index (χ0n) is 48.4. The Morgan fingerprint density at radius 3 is 1.61 bits per heavy atom. The molecule has 6 aliphatic rings. The van der Waals surface area contributed by atoms with Crippen LogP contribution in [0.2, 0.25) is 15.2 Å². The van der Waals surface area contributed by atoms with Gasteiger partial charge < -0.3 is 68.5 Å². The van der Waals surface area contributed by atoms with E-state index >= 15 is 0 Å². The molecule has 0 unspecified atom stereocenters. The SMILES string of the molecule is C[C@@H]1OCC2(CCN(C(=O)OC(C)(C)C)CC2)[C@@H]1N[S@](=O)C(C)(C)C.C[C@@H]1OCC2(CCN(c3cnc(Sc4ccnc(N)c4Cl)c(N)n3)CC2)[C@@H]1N.C[C@@H]1OCC2(CCNCC2)[C@@H]1N.Nc1nc(Cl)cnc1Sc1ccnc(N)c1Cl. The van der Waals surface area contributed by atoms with Gasteiger partial charge in [-0.2, -0.15) is 0 Å². The van der Waals surface area contributed by atoms with Crippen molar-refractivity contribution < 1.29 is 28.0 Å². The number of hydrogen-bond acceptors (Lipinski definition) is 22. The topological polar surface area (TPSA) is 335 Å². The number of likely N-dealkylation sites (tertiary alicyclic amines) is 1. The minimum absolute atomic E-state index is 0.0133. The standard InChI is InChI=1S/C18H24ClN7OS.C18H34N2O4S.C9H7Cl2N5S.C9H18N2O/c1-10-14(20)18(9-27-10)3-6-26(7-4-18)12-8-24-17(16(22)25-12)28-11-2-5-23-15(21)13(11)19;1-13-14(19-25(22)17(5,6)7)18(12-23-13)8-10-20(11-9-18)15(21)24-16(2,3)4;10-5-3-15-9(8(13)16-5)17-4-1-2-14-7(12)6(4)11;1-7-8(10)9(6-12-7)2-4-11-5-3-9/h2,5,8,10,14H,3-4,6-7,9,20H2,1H3,(H2,21,23)(H2,22,25);13-14,19H,8-12H2,1-7H3;1-3H,(H2,12,14)(H2,13,16);7-8,11H,2-6,10H2,1H3/t10-,14+;13-,14+,25+;;7-,8+/m00.0/s1. The highest BCUT2D eigenvalue weighted by atomic mass is 35.5. The Balaban J connectivity index is 0.000000164. The van der Waals surface area contributed by atoms with Gasteiger partial charge in [-0.05, 0) is 126 Å². The second-order valence-electron chi connectivity index (χ2n) is 23.9. The van der Waals surface area contributed by atoms with E-state index in [-0.39, 0.29) is 80.7 Å². The van der Waals surface area contributed by atoms with Gasteiger partial charge in [-0.1, -0.05) is 58.3 Å². The Labute approximate surface area is 508 Å². The number of hydrogen-bond donors (Lipinski definition) is 8. The summed E-state index contributed by atoms with van der Waals surface area (Å²) in [6.07, 6.45) is 12.4. The van der Waals surface area contributed by atoms with Crippen molar-refractivity contribution in [2.24, 2.45) is 27.7 Å². The van der Waals surface area contributed by atoms with Crippen LogP contribution >= 0.6 is 58.3 Å². The van der Waals surface area contributed by atoms with Crippen molar-refractivity contribution in [1.82, 2.24) is 44.8 Å². The fraction of sp³-hybridized carbons (Fsp3) is 0.648. The number of carbonyl (C=O) groups is 1. The third kappa shape index (κ3) is 16.2. The largest absolute Gasteiger partial charge is 0.444 e. The average Bonchev–Trinajstić information content (AvgIpc) is 3.93. The molecule has 6 saturated heterocycles. The molecule has 3 spiro atoms. The van der Waals surface area contributed by atoms with Crippen LogP contribution in [0.4, 0.5) is 33.9 Å². The monoisotopic (exact) mass is 1250 g/mol. The van der Waals surface area contributed by atoms with E-state index in [1.54, 1.807) is 35.6 Å². The van der Waals surface area contributed by atoms with Crippen molar-refractivity contribution in [3.63, 3.8) is 0 Å². The van der Waals surface area contributed by atoms with Gasteiger partial charge in [0.1, 0.15) is 38.3 Å². The van der Waals surface area contributed by atoms with Gasteiger partial charge in [0.15, 0.2) is 11.6 Å². The van der Waals surface area contributed by atoms with Crippen LogP contribution in [-0.2, 0) is 29.9 Å². The van der Waals surface area contributed by atoms with Gasteiger partial charge in [-0.3, -0.25) is 0 Å². The maximum Gasteiger partial charge on any atom is 0.410 e. The Hall–Kier alpha value is -3.83. The number of nitrogens with one attached hydrogen (secondary N) is 2. The van der Waals surface area contributed by atoms with E-state index in [0.29, 0.717) is 55.9 Å². The number of amides is 1. The van der Waals surface area contributed by atoms with Crippen LogP contribution < -0.4 is 49.3 Å². The zero-order valence-corrected chi connectivity index (χ0v) is 53.1. The van der Waals surface area contributed by atoms with Gasteiger partial charge in [-0.25, -0.2) is 43.6 Å². The van der Waals surface area contributed by atoms with Crippen LogP contribution in [0.25, 0.3) is 0 Å². The van der Waals surface area contributed by atoms with Crippen molar-refractivity contribution >= 4 is 104 Å². The van der Waals surface area contributed by atoms with Crippen LogP contribution in [0.3, 0.4) is 0 Å². The molecule has 0 aromatic carbocycles. The summed E-state index contributed by atoms with van der Waals surface area (Å²) < 4.78 is 38.4. The molecule has 28 heteroatoms. The lowest BCUT2D eigenvalue weighted by Crippen LogP contribution is -2.55. The molecule has 6 aliphatic heterocycles. The third-order valence-electron chi connectivity index (χ3n) is 16.0. The van der Waals surface area contributed by atoms with Crippen molar-refractivity contribution in [3.8, 4) is 0 Å². The predicted octanol–water partition coefficient (Wildman–Crippen LogP) is 7.61. The summed E-state index contributed by atoms with van der Waals surface area (Å²) in [4.78, 5) is 42.6. The molecule has 7 atom stereocenters. The van der Waals surface area contributed by atoms with E-state index < -0.39 is 16.6 Å². The van der Waals surface area contributed by atoms with Crippen molar-refractivity contribution in [2.45, 2.75) is 167 Å². The molecule has 10 rings (SSSR count). The Bertz CT molecular complexity index is 2830. The highest BCUT2D eigenvalue weighted by molar-refractivity contribution is 7.99. The normalized spacial score (nSPS) is 24.9. The summed E-state index contributed by atoms with van der Waals surface area (Å²) in [5.41, 5.74) is 35.5. The molecule has 82 heavy (non-hydrogen) atoms. The second kappa shape index (κ2) is 27.7. The molecule has 4 aromatic heterocycles. The highest BCUT2D eigenvalue weighted by Crippen LogP contribution is 2.45. The molecule has 0 bridgehead atoms. The van der Waals surface area contributed by atoms with E-state index in [0.717, 1.165) is 75.8 Å². The minimum Gasteiger partial charge on any atom is -0.444 e. The molecule has 454 valence electrons. The number of pyridine rings is 2. The number of nitrogens with zero attached hydrogens (tertiary/aromatic N) is 8. The smallest absolute Gasteiger partial charge is 0.410 e. The molecule has 22 nitrogen and oxygen atoms in total. The number of piperidine rings is 3. The van der Waals surface area contributed by atoms with Crippen LogP contribution in [0.15, 0.2) is 56.8 Å². The number of ether oxygens (including phenoxy) is 4. The Kier molecular flexibility index (Phi) is 22.2. The van der Waals surface area contributed by atoms with Crippen LogP contribution in [0.5, 0.6) is 0 Å². The summed E-state index contributed by atoms with van der Waals surface area (Å²) in [5.74, 6) is 1.92. The number of nitrogens with two attached hydrogens (primary N) is 6. The predicted molar refractivity (Wildman–Crippen MR) is 328 cm³/mol. The highest BCUT2D eigenvalue weighted by Gasteiger charge is 2.52. The Morgan fingerprint density at radius 1 is 0.683 bits per heavy atom. The van der Waals surface area contributed by atoms with E-state index in [9.17, 15) is 9.00 Å². The first-order valence-corrected chi connectivity index (χ1v) is 31.5. The summed E-state index contributed by atoms with van der Waals surface area (Å²) in [6.45, 7) is 25.2. The van der Waals surface area contributed by atoms with Crippen molar-refractivity contribution in [2.75, 3.05) is 86.9 Å². The van der Waals surface area contributed by atoms with E-state index in [2.05, 4.69) is 58.7 Å². The first-order valence-electron chi connectivity index (χ1n) is 27.6. The van der Waals surface area contributed by atoms with Crippen LogP contribution in [-0.4, -0.2) is 151 Å². The molecule has 0 saturated carbocycles. The number of halogens is 3. The second-order valence-corrected chi connectivity index (χ2v) is 29.1. The molecule has 1 amide bonds. The van der Waals surface area contributed by atoms with Crippen molar-refractivity contribution in [1.29, 1.82) is 0 Å². The number of anilines is 5. The molecule has 4 aromatic rings. The quantitative estimate of drug-likeness (QED) is 0.0882. The minimum atomic E-state index is -1.14. The van der Waals surface area contributed by atoms with Crippen molar-refractivity contribution in [3.05, 3.63) is 52.1 Å². The van der Waals surface area contributed by atoms with Gasteiger partial charge in [0.05, 0.1) is 82.3 Å². The molecule has 14 N–H and O–H groups in total. The summed E-state index contributed by atoms with van der Waals surface area (Å²) in [7, 11) is -1.14. The van der Waals surface area contributed by atoms with Gasteiger partial charge in [0.2, 0.25) is 0 Å². The maximum atomic E-state index is 12.6. The third-order valence-corrected chi connectivity index (χ3v) is 20.9. The molecular formula is C54H83Cl3N16O6S3. The average molecular weight is 1250 g/mol. The molecule has 6 fully saturated rings. The van der Waals surface area contributed by atoms with Crippen LogP contribution in [0, 0.1) is 16.2 Å². The van der Waals surface area contributed by atoms with Gasteiger partial charge in [-0.15, -0.1) is 0 Å². The summed E-state index contributed by atoms with van der Waals surface area (Å²) in [5, 5.41) is 5.47. The number of nitrogen functional groups attached to an aromatic ring is 4. The van der Waals surface area contributed by atoms with E-state index in [1.807, 2.05) is 48.5 Å². The molecular weight excluding hydrogens is 1170 g/mol. The number of rotatable bonds is 7. The summed E-state index contributed by atoms with van der Waals surface area (Å²) in [6, 6.07) is 3.87. The van der Waals surface area contributed by atoms with Gasteiger partial charge in [0.25, 0.3) is 0 Å². The zero-order chi connectivity index (χ0) is 60.0. The molecule has 0 radical (unpaired) electrons.